The molecule has 0 aromatic heterocycles. The van der Waals surface area contributed by atoms with E-state index in [-0.39, 0.29) is 4.90 Å². The lowest BCUT2D eigenvalue weighted by Gasteiger charge is -2.02. The second kappa shape index (κ2) is 4.75. The van der Waals surface area contributed by atoms with Crippen LogP contribution in [0.5, 0.6) is 0 Å². The third kappa shape index (κ3) is 3.21. The zero-order chi connectivity index (χ0) is 11.3. The van der Waals surface area contributed by atoms with Gasteiger partial charge in [0.25, 0.3) is 0 Å². The topological polar surface area (TPSA) is 60.4 Å². The van der Waals surface area contributed by atoms with Gasteiger partial charge in [0.2, 0.25) is 0 Å². The van der Waals surface area contributed by atoms with Gasteiger partial charge in [0, 0.05) is 6.08 Å². The Bertz CT molecular complexity index is 459. The van der Waals surface area contributed by atoms with Gasteiger partial charge in [0.1, 0.15) is 4.90 Å². The number of hydrogen-bond donors (Lipinski definition) is 0. The summed E-state index contributed by atoms with van der Waals surface area (Å²) in [5.41, 5.74) is 0. The Morgan fingerprint density at radius 2 is 1.87 bits per heavy atom. The number of allylic oxidation sites excluding steroid dienone is 1. The van der Waals surface area contributed by atoms with Crippen LogP contribution >= 0.6 is 0 Å². The van der Waals surface area contributed by atoms with Crippen molar-refractivity contribution in [2.45, 2.75) is 11.8 Å². The standard InChI is InChI=1S/C10H10O4S/c1-2-6-10(11)14-15(12,13)9-7-4-3-5-8-9/h2-8H,1H3. The van der Waals surface area contributed by atoms with Gasteiger partial charge in [-0.25, -0.2) is 4.79 Å². The van der Waals surface area contributed by atoms with Crippen LogP contribution in [0.2, 0.25) is 0 Å². The zero-order valence-electron chi connectivity index (χ0n) is 8.08. The van der Waals surface area contributed by atoms with Crippen LogP contribution in [0.3, 0.4) is 0 Å². The number of carbonyl (C=O) groups is 1. The number of hydrogen-bond acceptors (Lipinski definition) is 4. The van der Waals surface area contributed by atoms with Crippen molar-refractivity contribution in [3.63, 3.8) is 0 Å². The monoisotopic (exact) mass is 226 g/mol. The van der Waals surface area contributed by atoms with Crippen LogP contribution in [0.4, 0.5) is 0 Å². The highest BCUT2D eigenvalue weighted by molar-refractivity contribution is 7.87. The molecule has 0 N–H and O–H groups in total. The van der Waals surface area contributed by atoms with E-state index in [1.165, 1.54) is 18.2 Å². The third-order valence-electron chi connectivity index (χ3n) is 1.53. The van der Waals surface area contributed by atoms with Crippen molar-refractivity contribution < 1.29 is 17.4 Å². The number of rotatable bonds is 3. The van der Waals surface area contributed by atoms with E-state index in [9.17, 15) is 13.2 Å². The lowest BCUT2D eigenvalue weighted by Crippen LogP contribution is -2.10. The van der Waals surface area contributed by atoms with Crippen LogP contribution in [-0.2, 0) is 19.1 Å². The van der Waals surface area contributed by atoms with Crippen LogP contribution in [0.25, 0.3) is 0 Å². The molecule has 80 valence electrons. The Labute approximate surface area is 88.3 Å². The van der Waals surface area contributed by atoms with Gasteiger partial charge in [0.05, 0.1) is 0 Å². The van der Waals surface area contributed by atoms with E-state index in [1.807, 2.05) is 0 Å². The predicted molar refractivity (Wildman–Crippen MR) is 54.5 cm³/mol. The minimum absolute atomic E-state index is 0.0390. The minimum Gasteiger partial charge on any atom is -0.338 e. The lowest BCUT2D eigenvalue weighted by atomic mass is 10.4. The Morgan fingerprint density at radius 3 is 2.40 bits per heavy atom. The van der Waals surface area contributed by atoms with Crippen molar-refractivity contribution in [2.24, 2.45) is 0 Å². The number of benzene rings is 1. The first kappa shape index (κ1) is 11.5. The van der Waals surface area contributed by atoms with Crippen molar-refractivity contribution >= 4 is 16.1 Å². The summed E-state index contributed by atoms with van der Waals surface area (Å²) in [6.45, 7) is 1.59. The Kier molecular flexibility index (Phi) is 3.62. The highest BCUT2D eigenvalue weighted by atomic mass is 32.2. The maximum absolute atomic E-state index is 11.4. The molecule has 0 saturated carbocycles. The molecule has 0 bridgehead atoms. The minimum atomic E-state index is -3.98. The molecule has 1 rings (SSSR count). The Balaban J connectivity index is 2.91. The van der Waals surface area contributed by atoms with Gasteiger partial charge in [-0.05, 0) is 19.1 Å². The van der Waals surface area contributed by atoms with Crippen LogP contribution in [0.1, 0.15) is 6.92 Å². The quantitative estimate of drug-likeness (QED) is 0.578. The molecule has 0 spiro atoms. The normalized spacial score (nSPS) is 11.5. The van der Waals surface area contributed by atoms with Crippen LogP contribution in [-0.4, -0.2) is 14.4 Å². The van der Waals surface area contributed by atoms with Gasteiger partial charge in [-0.3, -0.25) is 0 Å². The first-order chi connectivity index (χ1) is 7.06. The molecule has 4 nitrogen and oxygen atoms in total. The molecular formula is C10H10O4S. The third-order valence-corrected chi connectivity index (χ3v) is 2.76. The predicted octanol–water partition coefficient (Wildman–Crippen LogP) is 1.49. The van der Waals surface area contributed by atoms with Gasteiger partial charge in [0.15, 0.2) is 0 Å². The molecule has 15 heavy (non-hydrogen) atoms. The summed E-state index contributed by atoms with van der Waals surface area (Å²) in [5.74, 6) is -0.902. The summed E-state index contributed by atoms with van der Waals surface area (Å²) in [6.07, 6.45) is 2.45. The average Bonchev–Trinajstić information content (AvgIpc) is 2.18. The SMILES string of the molecule is CC=CC(=O)OS(=O)(=O)c1ccccc1. The molecule has 0 saturated heterocycles. The Morgan fingerprint density at radius 1 is 1.27 bits per heavy atom. The van der Waals surface area contributed by atoms with Crippen molar-refractivity contribution in [3.05, 3.63) is 42.5 Å². The Hall–Kier alpha value is -1.62. The summed E-state index contributed by atoms with van der Waals surface area (Å²) in [5, 5.41) is 0. The molecule has 1 aromatic rings. The molecule has 0 aliphatic heterocycles. The molecule has 0 heterocycles. The van der Waals surface area contributed by atoms with E-state index in [1.54, 1.807) is 25.1 Å². The van der Waals surface area contributed by atoms with Crippen LogP contribution in [0, 0.1) is 0 Å². The molecule has 0 radical (unpaired) electrons. The van der Waals surface area contributed by atoms with E-state index < -0.39 is 16.1 Å². The molecule has 0 aliphatic carbocycles. The van der Waals surface area contributed by atoms with Gasteiger partial charge in [-0.2, -0.15) is 8.42 Å². The largest absolute Gasteiger partial charge is 0.346 e. The van der Waals surface area contributed by atoms with Gasteiger partial charge >= 0.3 is 16.1 Å². The fourth-order valence-corrected chi connectivity index (χ4v) is 1.77. The molecule has 1 aromatic carbocycles. The fraction of sp³-hybridized carbons (Fsp3) is 0.100. The molecular weight excluding hydrogens is 216 g/mol. The zero-order valence-corrected chi connectivity index (χ0v) is 8.90. The highest BCUT2D eigenvalue weighted by Gasteiger charge is 2.17. The lowest BCUT2D eigenvalue weighted by molar-refractivity contribution is -0.128. The molecule has 0 atom stereocenters. The summed E-state index contributed by atoms with van der Waals surface area (Å²) in [7, 11) is -3.98. The van der Waals surface area contributed by atoms with Gasteiger partial charge < -0.3 is 4.18 Å². The molecule has 0 aliphatic rings. The van der Waals surface area contributed by atoms with Crippen LogP contribution in [0.15, 0.2) is 47.4 Å². The average molecular weight is 226 g/mol. The summed E-state index contributed by atoms with van der Waals surface area (Å²) >= 11 is 0. The van der Waals surface area contributed by atoms with Gasteiger partial charge in [-0.1, -0.05) is 24.3 Å². The number of carbonyl (C=O) groups excluding carboxylic acids is 1. The van der Waals surface area contributed by atoms with Crippen LogP contribution < -0.4 is 0 Å². The van der Waals surface area contributed by atoms with Crippen molar-refractivity contribution in [1.82, 2.24) is 0 Å². The molecule has 0 fully saturated rings. The molecule has 0 amide bonds. The van der Waals surface area contributed by atoms with E-state index in [2.05, 4.69) is 4.18 Å². The van der Waals surface area contributed by atoms with E-state index in [0.29, 0.717) is 0 Å². The molecule has 0 unspecified atom stereocenters. The maximum Gasteiger partial charge on any atom is 0.346 e. The second-order valence-electron chi connectivity index (χ2n) is 2.67. The summed E-state index contributed by atoms with van der Waals surface area (Å²) < 4.78 is 27.2. The first-order valence-electron chi connectivity index (χ1n) is 4.22. The summed E-state index contributed by atoms with van der Waals surface area (Å²) in [6, 6.07) is 7.50. The summed E-state index contributed by atoms with van der Waals surface area (Å²) in [4.78, 5) is 10.9. The fourth-order valence-electron chi connectivity index (χ4n) is 0.907. The van der Waals surface area contributed by atoms with E-state index in [0.717, 1.165) is 6.08 Å². The second-order valence-corrected chi connectivity index (χ2v) is 4.22. The maximum atomic E-state index is 11.4. The smallest absolute Gasteiger partial charge is 0.338 e. The van der Waals surface area contributed by atoms with Crippen molar-refractivity contribution in [2.75, 3.05) is 0 Å². The highest BCUT2D eigenvalue weighted by Crippen LogP contribution is 2.11. The van der Waals surface area contributed by atoms with Crippen molar-refractivity contribution in [3.8, 4) is 0 Å². The first-order valence-corrected chi connectivity index (χ1v) is 5.63. The molecule has 5 heteroatoms. The van der Waals surface area contributed by atoms with E-state index >= 15 is 0 Å². The van der Waals surface area contributed by atoms with E-state index in [4.69, 9.17) is 0 Å². The van der Waals surface area contributed by atoms with Gasteiger partial charge in [-0.15, -0.1) is 0 Å². The van der Waals surface area contributed by atoms with Crippen molar-refractivity contribution in [1.29, 1.82) is 0 Å².